The molecular weight excluding hydrogens is 275 g/mol. The van der Waals surface area contributed by atoms with Crippen LogP contribution in [-0.4, -0.2) is 20.9 Å². The third-order valence-corrected chi connectivity index (χ3v) is 2.71. The van der Waals surface area contributed by atoms with E-state index in [1.54, 1.807) is 13.0 Å². The molecule has 20 heavy (non-hydrogen) atoms. The predicted octanol–water partition coefficient (Wildman–Crippen LogP) is 2.40. The van der Waals surface area contributed by atoms with Crippen LogP contribution < -0.4 is 0 Å². The molecule has 0 saturated heterocycles. The van der Waals surface area contributed by atoms with Gasteiger partial charge in [-0.1, -0.05) is 5.16 Å². The fraction of sp³-hybridized carbons (Fsp3) is 0.333. The molecule has 0 atom stereocenters. The molecule has 0 radical (unpaired) electrons. The Hall–Kier alpha value is -2.34. The zero-order chi connectivity index (χ0) is 14.9. The van der Waals surface area contributed by atoms with Crippen molar-refractivity contribution in [3.8, 4) is 0 Å². The fourth-order valence-corrected chi connectivity index (χ4v) is 1.79. The lowest BCUT2D eigenvalue weighted by Gasteiger charge is -2.02. The van der Waals surface area contributed by atoms with Gasteiger partial charge in [-0.25, -0.2) is 4.79 Å². The molecule has 2 aromatic heterocycles. The number of aromatic nitrogens is 3. The molecule has 0 aliphatic carbocycles. The summed E-state index contributed by atoms with van der Waals surface area (Å²) in [5.74, 6) is 1.73. The molecule has 8 heteroatoms. The van der Waals surface area contributed by atoms with Gasteiger partial charge in [0, 0.05) is 23.4 Å². The van der Waals surface area contributed by atoms with Crippen LogP contribution in [0.4, 0.5) is 13.2 Å². The Bertz CT molecular complexity index is 679. The summed E-state index contributed by atoms with van der Waals surface area (Å²) < 4.78 is 44.6. The van der Waals surface area contributed by atoms with Crippen LogP contribution in [0.2, 0.25) is 0 Å². The molecule has 0 amide bonds. The van der Waals surface area contributed by atoms with Gasteiger partial charge in [0.05, 0.1) is 5.69 Å². The summed E-state index contributed by atoms with van der Waals surface area (Å²) >= 11 is 0. The average molecular weight is 285 g/mol. The second-order valence-electron chi connectivity index (χ2n) is 4.20. The van der Waals surface area contributed by atoms with Crippen molar-refractivity contribution in [2.45, 2.75) is 26.6 Å². The van der Waals surface area contributed by atoms with E-state index in [9.17, 15) is 18.0 Å². The van der Waals surface area contributed by atoms with E-state index in [1.165, 1.54) is 12.9 Å². The van der Waals surface area contributed by atoms with Crippen LogP contribution in [0.5, 0.6) is 0 Å². The Morgan fingerprint density at radius 2 is 2.15 bits per heavy atom. The van der Waals surface area contributed by atoms with Crippen molar-refractivity contribution in [2.75, 3.05) is 0 Å². The van der Waals surface area contributed by atoms with Crippen LogP contribution in [-0.2, 0) is 17.5 Å². The monoisotopic (exact) mass is 285 g/mol. The van der Waals surface area contributed by atoms with Crippen molar-refractivity contribution in [1.29, 1.82) is 0 Å². The molecule has 2 rings (SSSR count). The van der Waals surface area contributed by atoms with Crippen LogP contribution in [0.25, 0.3) is 6.08 Å². The van der Waals surface area contributed by atoms with Crippen molar-refractivity contribution in [3.05, 3.63) is 34.5 Å². The molecule has 0 unspecified atom stereocenters. The lowest BCUT2D eigenvalue weighted by Crippen LogP contribution is -2.09. The first kappa shape index (κ1) is 14.1. The summed E-state index contributed by atoms with van der Waals surface area (Å²) in [4.78, 5) is 10.4. The highest BCUT2D eigenvalue weighted by Gasteiger charge is 2.38. The first-order chi connectivity index (χ1) is 9.32. The minimum atomic E-state index is -4.64. The Balaban J connectivity index is 2.47. The number of hydrogen-bond acceptors (Lipinski definition) is 4. The second-order valence-corrected chi connectivity index (χ2v) is 4.20. The minimum Gasteiger partial charge on any atom is -0.359 e. The molecule has 2 aromatic rings. The van der Waals surface area contributed by atoms with Crippen LogP contribution >= 0.6 is 0 Å². The Labute approximate surface area is 111 Å². The normalized spacial score (nSPS) is 11.4. The SMILES string of the molecule is Cc1cc(Cn2nc(C(F)(F)F)c(C=C=O)c2C)on1. The zero-order valence-corrected chi connectivity index (χ0v) is 10.7. The topological polar surface area (TPSA) is 60.9 Å². The first-order valence-corrected chi connectivity index (χ1v) is 5.60. The highest BCUT2D eigenvalue weighted by molar-refractivity contribution is 5.76. The van der Waals surface area contributed by atoms with E-state index in [0.717, 1.165) is 10.8 Å². The van der Waals surface area contributed by atoms with Gasteiger partial charge in [0.1, 0.15) is 12.5 Å². The molecule has 0 saturated carbocycles. The van der Waals surface area contributed by atoms with Gasteiger partial charge in [0.15, 0.2) is 11.5 Å². The van der Waals surface area contributed by atoms with Crippen molar-refractivity contribution < 1.29 is 22.5 Å². The highest BCUT2D eigenvalue weighted by Crippen LogP contribution is 2.33. The minimum absolute atomic E-state index is 0.00243. The van der Waals surface area contributed by atoms with E-state index >= 15 is 0 Å². The first-order valence-electron chi connectivity index (χ1n) is 5.60. The quantitative estimate of drug-likeness (QED) is 0.812. The zero-order valence-electron chi connectivity index (χ0n) is 10.7. The van der Waals surface area contributed by atoms with Gasteiger partial charge < -0.3 is 4.52 Å². The molecular formula is C12H10F3N3O2. The summed E-state index contributed by atoms with van der Waals surface area (Å²) in [6, 6.07) is 1.60. The van der Waals surface area contributed by atoms with Gasteiger partial charge >= 0.3 is 6.18 Å². The lowest BCUT2D eigenvalue weighted by molar-refractivity contribution is -0.141. The standard InChI is InChI=1S/C12H10F3N3O2/c1-7-5-9(20-17-7)6-18-8(2)10(3-4-19)11(16-18)12(13,14)15/h3,5H,6H2,1-2H3. The van der Waals surface area contributed by atoms with Crippen LogP contribution in [0.15, 0.2) is 10.6 Å². The van der Waals surface area contributed by atoms with Gasteiger partial charge in [-0.3, -0.25) is 4.68 Å². The lowest BCUT2D eigenvalue weighted by atomic mass is 10.2. The third kappa shape index (κ3) is 2.65. The van der Waals surface area contributed by atoms with E-state index in [1.807, 2.05) is 0 Å². The number of hydrogen-bond donors (Lipinski definition) is 0. The van der Waals surface area contributed by atoms with Crippen molar-refractivity contribution >= 4 is 12.0 Å². The van der Waals surface area contributed by atoms with E-state index < -0.39 is 11.9 Å². The van der Waals surface area contributed by atoms with E-state index in [0.29, 0.717) is 11.5 Å². The molecule has 0 N–H and O–H groups in total. The van der Waals surface area contributed by atoms with Crippen molar-refractivity contribution in [3.63, 3.8) is 0 Å². The average Bonchev–Trinajstić information content (AvgIpc) is 2.87. The summed E-state index contributed by atoms with van der Waals surface area (Å²) in [5, 5.41) is 7.15. The summed E-state index contributed by atoms with van der Waals surface area (Å²) in [7, 11) is 0. The van der Waals surface area contributed by atoms with E-state index in [2.05, 4.69) is 10.3 Å². The number of aryl methyl sites for hydroxylation is 1. The molecule has 0 fully saturated rings. The Morgan fingerprint density at radius 1 is 1.45 bits per heavy atom. The van der Waals surface area contributed by atoms with E-state index in [4.69, 9.17) is 4.52 Å². The Morgan fingerprint density at radius 3 is 2.65 bits per heavy atom. The van der Waals surface area contributed by atoms with Crippen molar-refractivity contribution in [2.24, 2.45) is 0 Å². The predicted molar refractivity (Wildman–Crippen MR) is 62.5 cm³/mol. The van der Waals surface area contributed by atoms with Crippen LogP contribution in [0, 0.1) is 13.8 Å². The van der Waals surface area contributed by atoms with E-state index in [-0.39, 0.29) is 17.8 Å². The van der Waals surface area contributed by atoms with Gasteiger partial charge in [-0.2, -0.15) is 18.3 Å². The van der Waals surface area contributed by atoms with Gasteiger partial charge in [-0.15, -0.1) is 0 Å². The number of carbonyl (C=O) groups excluding carboxylic acids is 1. The molecule has 2 heterocycles. The Kier molecular flexibility index (Phi) is 3.50. The summed E-state index contributed by atoms with van der Waals surface area (Å²) in [6.45, 7) is 3.14. The number of rotatable bonds is 3. The summed E-state index contributed by atoms with van der Waals surface area (Å²) in [6.07, 6.45) is -3.91. The number of halogens is 3. The molecule has 106 valence electrons. The maximum atomic E-state index is 12.8. The maximum Gasteiger partial charge on any atom is 0.435 e. The molecule has 0 aromatic carbocycles. The maximum absolute atomic E-state index is 12.8. The molecule has 0 aliphatic rings. The van der Waals surface area contributed by atoms with Crippen molar-refractivity contribution in [1.82, 2.24) is 14.9 Å². The van der Waals surface area contributed by atoms with Gasteiger partial charge in [0.2, 0.25) is 0 Å². The number of nitrogens with zero attached hydrogens (tertiary/aromatic N) is 3. The fourth-order valence-electron chi connectivity index (χ4n) is 1.79. The smallest absolute Gasteiger partial charge is 0.359 e. The van der Waals surface area contributed by atoms with Crippen LogP contribution in [0.3, 0.4) is 0 Å². The second kappa shape index (κ2) is 4.97. The molecule has 0 bridgehead atoms. The largest absolute Gasteiger partial charge is 0.435 e. The highest BCUT2D eigenvalue weighted by atomic mass is 19.4. The third-order valence-electron chi connectivity index (χ3n) is 2.71. The summed E-state index contributed by atoms with van der Waals surface area (Å²) in [5.41, 5.74) is -0.582. The number of alkyl halides is 3. The van der Waals surface area contributed by atoms with Crippen LogP contribution in [0.1, 0.15) is 28.4 Å². The van der Waals surface area contributed by atoms with Gasteiger partial charge in [-0.05, 0) is 13.8 Å². The molecule has 0 spiro atoms. The van der Waals surface area contributed by atoms with Gasteiger partial charge in [0.25, 0.3) is 0 Å². The molecule has 0 aliphatic heterocycles. The molecule has 5 nitrogen and oxygen atoms in total.